The molecule has 0 N–H and O–H groups in total. The van der Waals surface area contributed by atoms with Crippen LogP contribution in [0.1, 0.15) is 0 Å². The van der Waals surface area contributed by atoms with Crippen molar-refractivity contribution < 1.29 is 196 Å². The van der Waals surface area contributed by atoms with Gasteiger partial charge in [0.25, 0.3) is 0 Å². The Labute approximate surface area is 190 Å². The van der Waals surface area contributed by atoms with E-state index >= 15 is 0 Å². The number of rotatable bonds is 0. The van der Waals surface area contributed by atoms with E-state index in [1.807, 2.05) is 0 Å². The van der Waals surface area contributed by atoms with Crippen molar-refractivity contribution in [1.82, 2.24) is 0 Å². The summed E-state index contributed by atoms with van der Waals surface area (Å²) in [6, 6.07) is 0. The minimum absolute atomic E-state index is 0. The van der Waals surface area contributed by atoms with Crippen LogP contribution in [-0.4, -0.2) is 0 Å². The summed E-state index contributed by atoms with van der Waals surface area (Å²) in [5.41, 5.74) is 0. The van der Waals surface area contributed by atoms with Crippen LogP contribution in [0.2, 0.25) is 0 Å². The van der Waals surface area contributed by atoms with Gasteiger partial charge in [0, 0.05) is 196 Å². The minimum atomic E-state index is 0. The molecule has 0 bridgehead atoms. The Bertz CT molecular complexity index is 0. The third-order valence-electron chi connectivity index (χ3n) is 0. The molecule has 6 radical (unpaired) electrons. The van der Waals surface area contributed by atoms with Crippen LogP contribution in [0, 0.1) is 0 Å². The van der Waals surface area contributed by atoms with E-state index in [4.69, 9.17) is 0 Å². The quantitative estimate of drug-likeness (QED) is 0.411. The molecule has 0 heterocycles. The molecule has 0 unspecified atom stereocenters. The Morgan fingerprint density at radius 2 is 0.167 bits per heavy atom. The van der Waals surface area contributed by atoms with Crippen LogP contribution in [0.3, 0.4) is 0 Å². The first-order valence-corrected chi connectivity index (χ1v) is 0. The molecule has 0 spiro atoms. The molecular weight excluding hydrogens is 533 g/mol. The molecule has 18 valence electrons. The van der Waals surface area contributed by atoms with Gasteiger partial charge >= 0.3 is 0 Å². The largest absolute Gasteiger partial charge is 0 e. The summed E-state index contributed by atoms with van der Waals surface area (Å²) in [4.78, 5) is 0. The molecule has 0 aromatic rings. The van der Waals surface area contributed by atoms with Crippen LogP contribution in [-0.2, 0) is 196 Å². The Morgan fingerprint density at radius 1 is 0.167 bits per heavy atom. The van der Waals surface area contributed by atoms with E-state index in [-0.39, 0.29) is 196 Å². The van der Waals surface area contributed by atoms with Crippen molar-refractivity contribution in [2.75, 3.05) is 0 Å². The predicted molar refractivity (Wildman–Crippen MR) is 0 cm³/mol. The third-order valence-corrected chi connectivity index (χ3v) is 0. The zero-order valence-electron chi connectivity index (χ0n) is 3.46. The zero-order valence-corrected chi connectivity index (χ0v) is 20.5. The van der Waals surface area contributed by atoms with Gasteiger partial charge in [-0.15, -0.1) is 0 Å². The fourth-order valence-electron chi connectivity index (χ4n) is 0. The Hall–Kier alpha value is 6.62. The van der Waals surface area contributed by atoms with E-state index in [1.165, 1.54) is 0 Å². The standard InChI is InChI=1S/6Y. The van der Waals surface area contributed by atoms with Gasteiger partial charge in [-0.1, -0.05) is 0 Å². The van der Waals surface area contributed by atoms with Crippen LogP contribution in [0.4, 0.5) is 0 Å². The first kappa shape index (κ1) is 38.9. The first-order chi connectivity index (χ1) is 0. The van der Waals surface area contributed by atoms with Gasteiger partial charge in [0.15, 0.2) is 0 Å². The SMILES string of the molecule is [Y].[Y].[Y].[Y].[Y].[Y]. The fourth-order valence-corrected chi connectivity index (χ4v) is 0. The van der Waals surface area contributed by atoms with Crippen molar-refractivity contribution in [3.8, 4) is 0 Å². The van der Waals surface area contributed by atoms with Gasteiger partial charge in [-0.3, -0.25) is 0 Å². The van der Waals surface area contributed by atoms with Gasteiger partial charge in [0.1, 0.15) is 0 Å². The monoisotopic (exact) mass is 533 g/mol. The molecule has 0 atom stereocenters. The van der Waals surface area contributed by atoms with Gasteiger partial charge in [0.05, 0.1) is 0 Å². The van der Waals surface area contributed by atoms with Crippen molar-refractivity contribution in [3.05, 3.63) is 0 Å². The predicted octanol–water partition coefficient (Wildman–Crippen LogP) is -0.0150. The van der Waals surface area contributed by atoms with Crippen molar-refractivity contribution in [3.63, 3.8) is 0 Å². The summed E-state index contributed by atoms with van der Waals surface area (Å²) in [5.74, 6) is 0. The molecule has 6 heteroatoms. The third kappa shape index (κ3) is 22.4. The average Bonchev–Trinajstić information content (AvgIpc) is 0. The van der Waals surface area contributed by atoms with Crippen molar-refractivity contribution in [2.45, 2.75) is 0 Å². The van der Waals surface area contributed by atoms with Crippen LogP contribution in [0.5, 0.6) is 0 Å². The summed E-state index contributed by atoms with van der Waals surface area (Å²) >= 11 is 0. The van der Waals surface area contributed by atoms with E-state index in [1.54, 1.807) is 0 Å². The van der Waals surface area contributed by atoms with Crippen LogP contribution >= 0.6 is 0 Å². The maximum absolute atomic E-state index is 0. The zero-order chi connectivity index (χ0) is 0. The maximum Gasteiger partial charge on any atom is 0 e. The second-order valence-electron chi connectivity index (χ2n) is 0. The normalized spacial score (nSPS) is 0. The van der Waals surface area contributed by atoms with Crippen LogP contribution in [0.15, 0.2) is 0 Å². The molecule has 0 rings (SSSR count). The van der Waals surface area contributed by atoms with Crippen molar-refractivity contribution in [2.24, 2.45) is 0 Å². The molecule has 0 amide bonds. The van der Waals surface area contributed by atoms with Gasteiger partial charge < -0.3 is 0 Å². The molecule has 0 saturated carbocycles. The second-order valence-corrected chi connectivity index (χ2v) is 0. The summed E-state index contributed by atoms with van der Waals surface area (Å²) in [6.07, 6.45) is 0. The molecule has 6 heavy (non-hydrogen) atoms. The van der Waals surface area contributed by atoms with E-state index in [9.17, 15) is 0 Å². The van der Waals surface area contributed by atoms with Gasteiger partial charge in [-0.05, 0) is 0 Å². The van der Waals surface area contributed by atoms with Crippen molar-refractivity contribution in [1.29, 1.82) is 0 Å². The van der Waals surface area contributed by atoms with E-state index in [0.717, 1.165) is 0 Å². The molecule has 0 aromatic heterocycles. The van der Waals surface area contributed by atoms with E-state index in [2.05, 4.69) is 0 Å². The minimum Gasteiger partial charge on any atom is 0 e. The van der Waals surface area contributed by atoms with Crippen LogP contribution in [0.25, 0.3) is 0 Å². The number of hydrogen-bond donors (Lipinski definition) is 0. The summed E-state index contributed by atoms with van der Waals surface area (Å²) < 4.78 is 0. The molecule has 0 aliphatic carbocycles. The number of hydrogen-bond acceptors (Lipinski definition) is 0. The molecule has 0 aliphatic rings. The molecule has 0 aliphatic heterocycles. The first-order valence-electron chi connectivity index (χ1n) is 0. The molecule has 0 saturated heterocycles. The van der Waals surface area contributed by atoms with Crippen molar-refractivity contribution >= 4 is 0 Å². The Kier molecular flexibility index (Phi) is 194. The van der Waals surface area contributed by atoms with Gasteiger partial charge in [-0.2, -0.15) is 0 Å². The summed E-state index contributed by atoms with van der Waals surface area (Å²) in [6.45, 7) is 0. The van der Waals surface area contributed by atoms with E-state index < -0.39 is 0 Å². The smallest absolute Gasteiger partial charge is 0 e. The van der Waals surface area contributed by atoms with Gasteiger partial charge in [0.2, 0.25) is 0 Å². The van der Waals surface area contributed by atoms with Crippen LogP contribution < -0.4 is 0 Å². The van der Waals surface area contributed by atoms with E-state index in [0.29, 0.717) is 0 Å². The Balaban J connectivity index is 0. The Morgan fingerprint density at radius 3 is 0.167 bits per heavy atom. The maximum atomic E-state index is 0. The molecule has 0 nitrogen and oxygen atoms in total. The summed E-state index contributed by atoms with van der Waals surface area (Å²) in [5, 5.41) is 0. The molecule has 0 aromatic carbocycles. The second kappa shape index (κ2) is 29.9. The van der Waals surface area contributed by atoms with Gasteiger partial charge in [-0.25, -0.2) is 0 Å². The molecule has 0 fully saturated rings. The summed E-state index contributed by atoms with van der Waals surface area (Å²) in [7, 11) is 0. The molecular formula is Y6. The average molecular weight is 533 g/mol. The topological polar surface area (TPSA) is 0 Å². The fraction of sp³-hybridized carbons (Fsp3) is 0.